The monoisotopic (exact) mass is 225 g/mol. The molecule has 0 aromatic heterocycles. The number of nitrogens with one attached hydrogen (secondary N) is 1. The van der Waals surface area contributed by atoms with Crippen LogP contribution in [0.1, 0.15) is 18.4 Å². The molecule has 2 nitrogen and oxygen atoms in total. The second-order valence-corrected chi connectivity index (χ2v) is 4.59. The molecule has 1 fully saturated rings. The molecule has 0 radical (unpaired) electrons. The van der Waals surface area contributed by atoms with E-state index in [1.165, 1.54) is 6.07 Å². The first-order valence-electron chi connectivity index (χ1n) is 5.48. The largest absolute Gasteiger partial charge is 0.485 e. The van der Waals surface area contributed by atoms with Crippen molar-refractivity contribution in [2.45, 2.75) is 24.4 Å². The first kappa shape index (κ1) is 10.0. The van der Waals surface area contributed by atoms with Gasteiger partial charge in [0.1, 0.15) is 11.4 Å². The third-order valence-corrected chi connectivity index (χ3v) is 3.36. The second-order valence-electron chi connectivity index (χ2n) is 4.59. The molecule has 1 aromatic rings. The van der Waals surface area contributed by atoms with Crippen molar-refractivity contribution in [2.75, 3.05) is 13.1 Å². The molecule has 16 heavy (non-hydrogen) atoms. The van der Waals surface area contributed by atoms with Gasteiger partial charge in [-0.3, -0.25) is 0 Å². The lowest BCUT2D eigenvalue weighted by atomic mass is 9.87. The molecule has 1 spiro atoms. The molecular weight excluding hydrogens is 212 g/mol. The van der Waals surface area contributed by atoms with E-state index in [4.69, 9.17) is 4.74 Å². The Labute approximate surface area is 92.6 Å². The summed E-state index contributed by atoms with van der Waals surface area (Å²) in [6, 6.07) is 6.43. The van der Waals surface area contributed by atoms with Crippen molar-refractivity contribution in [1.29, 1.82) is 0 Å². The average Bonchev–Trinajstić information content (AvgIpc) is 2.65. The number of halogens is 2. The summed E-state index contributed by atoms with van der Waals surface area (Å²) in [6.07, 6.45) is 0.431. The molecule has 3 rings (SSSR count). The van der Waals surface area contributed by atoms with E-state index in [9.17, 15) is 8.78 Å². The van der Waals surface area contributed by atoms with Crippen LogP contribution in [0.15, 0.2) is 24.3 Å². The molecule has 86 valence electrons. The Morgan fingerprint density at radius 2 is 2.06 bits per heavy atom. The van der Waals surface area contributed by atoms with Crippen molar-refractivity contribution in [3.05, 3.63) is 29.8 Å². The fourth-order valence-corrected chi connectivity index (χ4v) is 2.59. The number of rotatable bonds is 0. The second kappa shape index (κ2) is 3.17. The summed E-state index contributed by atoms with van der Waals surface area (Å²) in [6.45, 7) is 1.26. The van der Waals surface area contributed by atoms with Gasteiger partial charge in [0.2, 0.25) is 0 Å². The van der Waals surface area contributed by atoms with Gasteiger partial charge in [-0.1, -0.05) is 12.1 Å². The fraction of sp³-hybridized carbons (Fsp3) is 0.500. The van der Waals surface area contributed by atoms with Crippen LogP contribution in [0.4, 0.5) is 8.78 Å². The Morgan fingerprint density at radius 3 is 2.81 bits per heavy atom. The maximum atomic E-state index is 14.0. The molecule has 1 atom stereocenters. The van der Waals surface area contributed by atoms with Crippen LogP contribution in [0.25, 0.3) is 0 Å². The Kier molecular flexibility index (Phi) is 1.98. The van der Waals surface area contributed by atoms with Crippen molar-refractivity contribution >= 4 is 0 Å². The molecule has 0 amide bonds. The zero-order valence-corrected chi connectivity index (χ0v) is 8.80. The van der Waals surface area contributed by atoms with Gasteiger partial charge in [-0.25, -0.2) is 8.78 Å². The highest BCUT2D eigenvalue weighted by Crippen LogP contribution is 2.48. The Hall–Kier alpha value is -1.16. The van der Waals surface area contributed by atoms with Crippen LogP contribution in [-0.2, 0) is 5.92 Å². The molecule has 2 aliphatic heterocycles. The zero-order chi connectivity index (χ0) is 11.2. The number of hydrogen-bond acceptors (Lipinski definition) is 2. The molecule has 1 saturated heterocycles. The van der Waals surface area contributed by atoms with E-state index < -0.39 is 11.5 Å². The van der Waals surface area contributed by atoms with E-state index in [0.29, 0.717) is 18.7 Å². The minimum atomic E-state index is -2.78. The van der Waals surface area contributed by atoms with E-state index in [0.717, 1.165) is 6.54 Å². The van der Waals surface area contributed by atoms with Gasteiger partial charge in [-0.05, 0) is 18.7 Å². The van der Waals surface area contributed by atoms with Gasteiger partial charge in [0.25, 0.3) is 5.92 Å². The highest BCUT2D eigenvalue weighted by Gasteiger charge is 2.51. The highest BCUT2D eigenvalue weighted by atomic mass is 19.3. The first-order chi connectivity index (χ1) is 7.61. The van der Waals surface area contributed by atoms with Crippen molar-refractivity contribution < 1.29 is 13.5 Å². The van der Waals surface area contributed by atoms with Crippen LogP contribution < -0.4 is 10.1 Å². The van der Waals surface area contributed by atoms with Gasteiger partial charge in [-0.15, -0.1) is 0 Å². The van der Waals surface area contributed by atoms with Gasteiger partial charge in [-0.2, -0.15) is 0 Å². The summed E-state index contributed by atoms with van der Waals surface area (Å²) in [5.74, 6) is -2.44. The van der Waals surface area contributed by atoms with Crippen LogP contribution >= 0.6 is 0 Å². The van der Waals surface area contributed by atoms with Gasteiger partial charge in [0.05, 0.1) is 12.0 Å². The topological polar surface area (TPSA) is 21.3 Å². The average molecular weight is 225 g/mol. The molecular formula is C12H13F2NO. The van der Waals surface area contributed by atoms with Crippen LogP contribution in [0.2, 0.25) is 0 Å². The Morgan fingerprint density at radius 1 is 1.25 bits per heavy atom. The van der Waals surface area contributed by atoms with Crippen LogP contribution in [0.3, 0.4) is 0 Å². The van der Waals surface area contributed by atoms with E-state index in [1.54, 1.807) is 18.2 Å². The number of alkyl halides is 2. The Balaban J connectivity index is 2.06. The molecule has 1 aromatic carbocycles. The first-order valence-corrected chi connectivity index (χ1v) is 5.48. The van der Waals surface area contributed by atoms with Crippen molar-refractivity contribution in [3.63, 3.8) is 0 Å². The molecule has 4 heteroatoms. The standard InChI is InChI=1S/C12H13F2NO/c13-12(14)7-11(5-6-15-8-11)16-10-4-2-1-3-9(10)12/h1-4,15H,5-8H2. The number of para-hydroxylation sites is 1. The quantitative estimate of drug-likeness (QED) is 0.731. The smallest absolute Gasteiger partial charge is 0.280 e. The van der Waals surface area contributed by atoms with E-state index >= 15 is 0 Å². The maximum absolute atomic E-state index is 14.0. The van der Waals surface area contributed by atoms with Gasteiger partial charge in [0.15, 0.2) is 0 Å². The van der Waals surface area contributed by atoms with Gasteiger partial charge in [0, 0.05) is 13.0 Å². The minimum Gasteiger partial charge on any atom is -0.485 e. The Bertz CT molecular complexity index is 413. The summed E-state index contributed by atoms with van der Waals surface area (Å²) < 4.78 is 33.7. The summed E-state index contributed by atoms with van der Waals surface area (Å²) in [7, 11) is 0. The highest BCUT2D eigenvalue weighted by molar-refractivity contribution is 5.40. The zero-order valence-electron chi connectivity index (χ0n) is 8.80. The van der Waals surface area contributed by atoms with Crippen molar-refractivity contribution in [1.82, 2.24) is 5.32 Å². The lowest BCUT2D eigenvalue weighted by Crippen LogP contribution is -2.46. The fourth-order valence-electron chi connectivity index (χ4n) is 2.59. The van der Waals surface area contributed by atoms with Crippen LogP contribution in [0, 0.1) is 0 Å². The van der Waals surface area contributed by atoms with E-state index in [1.807, 2.05) is 0 Å². The lowest BCUT2D eigenvalue weighted by molar-refractivity contribution is -0.0990. The van der Waals surface area contributed by atoms with Crippen molar-refractivity contribution in [2.24, 2.45) is 0 Å². The molecule has 0 saturated carbocycles. The molecule has 2 heterocycles. The van der Waals surface area contributed by atoms with Crippen LogP contribution in [0.5, 0.6) is 5.75 Å². The molecule has 0 aliphatic carbocycles. The lowest BCUT2D eigenvalue weighted by Gasteiger charge is -2.39. The third-order valence-electron chi connectivity index (χ3n) is 3.36. The van der Waals surface area contributed by atoms with E-state index in [2.05, 4.69) is 5.32 Å². The van der Waals surface area contributed by atoms with E-state index in [-0.39, 0.29) is 12.0 Å². The maximum Gasteiger partial charge on any atom is 0.280 e. The van der Waals surface area contributed by atoms with Crippen LogP contribution in [-0.4, -0.2) is 18.7 Å². The number of ether oxygens (including phenoxy) is 1. The summed E-state index contributed by atoms with van der Waals surface area (Å²) >= 11 is 0. The normalized spacial score (nSPS) is 31.1. The number of hydrogen-bond donors (Lipinski definition) is 1. The predicted octanol–water partition coefficient (Wildman–Crippen LogP) is 2.29. The predicted molar refractivity (Wildman–Crippen MR) is 55.8 cm³/mol. The third kappa shape index (κ3) is 1.40. The number of benzene rings is 1. The minimum absolute atomic E-state index is 0.0209. The summed E-state index contributed by atoms with van der Waals surface area (Å²) in [5.41, 5.74) is -0.690. The van der Waals surface area contributed by atoms with Crippen molar-refractivity contribution in [3.8, 4) is 5.75 Å². The molecule has 2 aliphatic rings. The van der Waals surface area contributed by atoms with Gasteiger partial charge < -0.3 is 10.1 Å². The van der Waals surface area contributed by atoms with Gasteiger partial charge >= 0.3 is 0 Å². The SMILES string of the molecule is FC1(F)CC2(CCNC2)Oc2ccccc21. The molecule has 0 bridgehead atoms. The molecule has 1 unspecified atom stereocenters. The number of fused-ring (bicyclic) bond motifs is 1. The summed E-state index contributed by atoms with van der Waals surface area (Å²) in [5, 5.41) is 3.09. The summed E-state index contributed by atoms with van der Waals surface area (Å²) in [4.78, 5) is 0. The molecule has 1 N–H and O–H groups in total.